The van der Waals surface area contributed by atoms with Crippen LogP contribution in [0.15, 0.2) is 35.1 Å². The maximum Gasteiger partial charge on any atom is 0.431 e. The van der Waals surface area contributed by atoms with Crippen molar-refractivity contribution in [1.82, 2.24) is 4.57 Å². The Bertz CT molecular complexity index is 876. The summed E-state index contributed by atoms with van der Waals surface area (Å²) in [5.41, 5.74) is 0.857. The first-order chi connectivity index (χ1) is 11.5. The molecule has 0 aliphatic rings. The Morgan fingerprint density at radius 3 is 2.36 bits per heavy atom. The van der Waals surface area contributed by atoms with E-state index in [-0.39, 0.29) is 4.57 Å². The molecule has 0 saturated heterocycles. The molecule has 2 rings (SSSR count). The summed E-state index contributed by atoms with van der Waals surface area (Å²) in [7, 11) is 0. The number of aromatic nitrogens is 1. The number of halogens is 5. The number of carbonyl (C=O) groups is 1. The minimum absolute atomic E-state index is 0.0769. The number of hydrogen-bond acceptors (Lipinski definition) is 3. The fraction of sp³-hybridized carbons (Fsp3) is 0.200. The van der Waals surface area contributed by atoms with E-state index in [1.165, 1.54) is 0 Å². The van der Waals surface area contributed by atoms with Crippen molar-refractivity contribution in [2.24, 2.45) is 5.73 Å². The highest BCUT2D eigenvalue weighted by Crippen LogP contribution is 2.30. The predicted molar refractivity (Wildman–Crippen MR) is 75.5 cm³/mol. The number of benzene rings is 1. The zero-order valence-corrected chi connectivity index (χ0v) is 12.3. The van der Waals surface area contributed by atoms with Gasteiger partial charge >= 0.3 is 6.18 Å². The van der Waals surface area contributed by atoms with E-state index in [1.807, 2.05) is 0 Å². The van der Waals surface area contributed by atoms with Crippen LogP contribution in [0.2, 0.25) is 0 Å². The van der Waals surface area contributed by atoms with Crippen molar-refractivity contribution in [3.05, 3.63) is 69.1 Å². The Morgan fingerprint density at radius 2 is 1.84 bits per heavy atom. The standard InChI is InChI=1S/C15H11F5N2O3/c16-7-1-2-8(10(17)5-7)11(23)6-22-12(15(18,19)20)4-3-9(13(21)24)14(22)25/h1-5,11,23H,6H2,(H2,21,24)/t11-/m0/s1. The molecule has 5 nitrogen and oxygen atoms in total. The van der Waals surface area contributed by atoms with Gasteiger partial charge in [0.15, 0.2) is 0 Å². The van der Waals surface area contributed by atoms with E-state index in [0.717, 1.165) is 12.1 Å². The second-order valence-electron chi connectivity index (χ2n) is 5.09. The minimum atomic E-state index is -4.98. The lowest BCUT2D eigenvalue weighted by atomic mass is 10.1. The number of aliphatic hydroxyl groups excluding tert-OH is 1. The molecule has 0 aliphatic carbocycles. The zero-order chi connectivity index (χ0) is 18.9. The molecule has 0 unspecified atom stereocenters. The zero-order valence-electron chi connectivity index (χ0n) is 12.3. The van der Waals surface area contributed by atoms with E-state index in [1.54, 1.807) is 0 Å². The number of amides is 1. The Kier molecular flexibility index (Phi) is 4.93. The molecule has 0 bridgehead atoms. The minimum Gasteiger partial charge on any atom is -0.386 e. The molecule has 1 atom stereocenters. The first-order valence-corrected chi connectivity index (χ1v) is 6.76. The van der Waals surface area contributed by atoms with Crippen LogP contribution < -0.4 is 11.3 Å². The highest BCUT2D eigenvalue weighted by Gasteiger charge is 2.35. The molecule has 0 saturated carbocycles. The number of primary amides is 1. The maximum absolute atomic E-state index is 13.7. The molecule has 10 heteroatoms. The van der Waals surface area contributed by atoms with Crippen LogP contribution in [0, 0.1) is 11.6 Å². The Hall–Kier alpha value is -2.75. The van der Waals surface area contributed by atoms with Crippen LogP contribution in [0.5, 0.6) is 0 Å². The van der Waals surface area contributed by atoms with Gasteiger partial charge in [0, 0.05) is 11.6 Å². The lowest BCUT2D eigenvalue weighted by Gasteiger charge is -2.19. The molecule has 0 fully saturated rings. The Labute approximate surface area is 137 Å². The van der Waals surface area contributed by atoms with Crippen molar-refractivity contribution >= 4 is 5.91 Å². The Morgan fingerprint density at radius 1 is 1.20 bits per heavy atom. The number of carbonyl (C=O) groups excluding carboxylic acids is 1. The average Bonchev–Trinajstić information content (AvgIpc) is 2.47. The van der Waals surface area contributed by atoms with Crippen LogP contribution in [0.4, 0.5) is 22.0 Å². The topological polar surface area (TPSA) is 85.3 Å². The molecule has 0 aliphatic heterocycles. The molecule has 3 N–H and O–H groups in total. The smallest absolute Gasteiger partial charge is 0.386 e. The molecular formula is C15H11F5N2O3. The molecule has 0 spiro atoms. The van der Waals surface area contributed by atoms with Gasteiger partial charge in [-0.2, -0.15) is 13.2 Å². The first kappa shape index (κ1) is 18.6. The molecule has 2 aromatic rings. The van der Waals surface area contributed by atoms with Gasteiger partial charge in [0.2, 0.25) is 0 Å². The number of nitrogens with two attached hydrogens (primary N) is 1. The van der Waals surface area contributed by atoms with Gasteiger partial charge in [-0.05, 0) is 18.2 Å². The van der Waals surface area contributed by atoms with E-state index < -0.39 is 58.7 Å². The van der Waals surface area contributed by atoms with Crippen LogP contribution in [-0.2, 0) is 12.7 Å². The van der Waals surface area contributed by atoms with Crippen LogP contribution in [-0.4, -0.2) is 15.6 Å². The monoisotopic (exact) mass is 362 g/mol. The van der Waals surface area contributed by atoms with Crippen molar-refractivity contribution < 1.29 is 31.9 Å². The van der Waals surface area contributed by atoms with E-state index in [2.05, 4.69) is 0 Å². The van der Waals surface area contributed by atoms with Gasteiger partial charge in [0.25, 0.3) is 11.5 Å². The number of alkyl halides is 3. The summed E-state index contributed by atoms with van der Waals surface area (Å²) in [5.74, 6) is -3.40. The summed E-state index contributed by atoms with van der Waals surface area (Å²) < 4.78 is 65.8. The van der Waals surface area contributed by atoms with Crippen molar-refractivity contribution in [2.45, 2.75) is 18.8 Å². The second kappa shape index (κ2) is 6.63. The van der Waals surface area contributed by atoms with Gasteiger partial charge in [-0.15, -0.1) is 0 Å². The van der Waals surface area contributed by atoms with Crippen molar-refractivity contribution in [3.63, 3.8) is 0 Å². The normalized spacial score (nSPS) is 12.9. The van der Waals surface area contributed by atoms with Crippen molar-refractivity contribution in [2.75, 3.05) is 0 Å². The van der Waals surface area contributed by atoms with Gasteiger partial charge in [-0.25, -0.2) is 8.78 Å². The molecule has 0 radical (unpaired) electrons. The number of hydrogen-bond donors (Lipinski definition) is 2. The van der Waals surface area contributed by atoms with Gasteiger partial charge < -0.3 is 15.4 Å². The third-order valence-electron chi connectivity index (χ3n) is 3.41. The predicted octanol–water partition coefficient (Wildman–Crippen LogP) is 1.98. The molecule has 1 amide bonds. The number of pyridine rings is 1. The summed E-state index contributed by atoms with van der Waals surface area (Å²) in [6, 6.07) is 3.15. The molecule has 1 aromatic heterocycles. The summed E-state index contributed by atoms with van der Waals surface area (Å²) in [5, 5.41) is 9.98. The van der Waals surface area contributed by atoms with Crippen LogP contribution in [0.3, 0.4) is 0 Å². The fourth-order valence-electron chi connectivity index (χ4n) is 2.24. The third kappa shape index (κ3) is 3.85. The third-order valence-corrected chi connectivity index (χ3v) is 3.41. The number of rotatable bonds is 4. The van der Waals surface area contributed by atoms with Gasteiger partial charge in [0.05, 0.1) is 12.6 Å². The van der Waals surface area contributed by atoms with E-state index >= 15 is 0 Å². The summed E-state index contributed by atoms with van der Waals surface area (Å²) in [6.45, 7) is -1.02. The largest absolute Gasteiger partial charge is 0.431 e. The van der Waals surface area contributed by atoms with Crippen LogP contribution in [0.25, 0.3) is 0 Å². The number of nitrogens with zero attached hydrogens (tertiary/aromatic N) is 1. The number of aliphatic hydroxyl groups is 1. The molecule has 25 heavy (non-hydrogen) atoms. The fourth-order valence-corrected chi connectivity index (χ4v) is 2.24. The molecule has 1 aromatic carbocycles. The Balaban J connectivity index is 2.55. The van der Waals surface area contributed by atoms with E-state index in [9.17, 15) is 36.6 Å². The second-order valence-corrected chi connectivity index (χ2v) is 5.09. The molecule has 134 valence electrons. The van der Waals surface area contributed by atoms with Crippen molar-refractivity contribution in [3.8, 4) is 0 Å². The SMILES string of the molecule is NC(=O)c1ccc(C(F)(F)F)n(C[C@H](O)c2ccc(F)cc2F)c1=O. The van der Waals surface area contributed by atoms with Gasteiger partial charge in [-0.1, -0.05) is 6.07 Å². The van der Waals surface area contributed by atoms with Crippen LogP contribution in [0.1, 0.15) is 27.7 Å². The summed E-state index contributed by atoms with van der Waals surface area (Å²) in [4.78, 5) is 23.2. The maximum atomic E-state index is 13.7. The van der Waals surface area contributed by atoms with Crippen LogP contribution >= 0.6 is 0 Å². The van der Waals surface area contributed by atoms with Crippen molar-refractivity contribution in [1.29, 1.82) is 0 Å². The van der Waals surface area contributed by atoms with E-state index in [0.29, 0.717) is 18.2 Å². The quantitative estimate of drug-likeness (QED) is 0.816. The summed E-state index contributed by atoms with van der Waals surface area (Å²) >= 11 is 0. The molecule has 1 heterocycles. The average molecular weight is 362 g/mol. The molecular weight excluding hydrogens is 351 g/mol. The lowest BCUT2D eigenvalue weighted by Crippen LogP contribution is -2.35. The first-order valence-electron chi connectivity index (χ1n) is 6.76. The lowest BCUT2D eigenvalue weighted by molar-refractivity contribution is -0.144. The summed E-state index contributed by atoms with van der Waals surface area (Å²) in [6.07, 6.45) is -6.88. The van der Waals surface area contributed by atoms with E-state index in [4.69, 9.17) is 5.73 Å². The van der Waals surface area contributed by atoms with Gasteiger partial charge in [-0.3, -0.25) is 9.59 Å². The highest BCUT2D eigenvalue weighted by molar-refractivity contribution is 5.92. The van der Waals surface area contributed by atoms with Gasteiger partial charge in [0.1, 0.15) is 22.9 Å². The highest BCUT2D eigenvalue weighted by atomic mass is 19.4.